The second kappa shape index (κ2) is 32.4. The van der Waals surface area contributed by atoms with Gasteiger partial charge in [-0.1, -0.05) is 55.6 Å². The van der Waals surface area contributed by atoms with Gasteiger partial charge in [0.1, 0.15) is 35.3 Å². The van der Waals surface area contributed by atoms with Crippen LogP contribution in [0.4, 0.5) is 41.1 Å². The van der Waals surface area contributed by atoms with E-state index in [0.29, 0.717) is 112 Å². The lowest BCUT2D eigenvalue weighted by Crippen LogP contribution is -2.50. The molecule has 492 valence electrons. The minimum Gasteiger partial charge on any atom is -0.484 e. The standard InChI is InChI=1S/C32H41FN6O4S.C28H37FN6O4.C6H10S2/c1-35-10-12-36(13-11-35)20-23-2-7-26(8-3-23)42-22-30(40)38-16-14-37(15-17-38)29-9-6-25(18-28(29)33)39-21-27(43-32(39)41)19-34-31(44)24-4-5-24;1-31-8-10-32(11-9-31)18-21-2-5-23(6-3-21)38-20-27(36)34-14-12-33(13-15-34)26-7-4-22(16-25(26)29)35-19-24(17-30)39-28(35)37;1-2-8-6(7)5-3-4-5/h2-3,6-9,18,24,27H,4-5,10-17,19-22H2,1H3,(H,34,44);2-7,16,24H,8-15,17-20,30H2,1H3;5H,2-4H2,1H3/t27-;24-;/m00./s1. The molecule has 6 saturated heterocycles. The van der Waals surface area contributed by atoms with E-state index in [1.54, 1.807) is 34.1 Å². The summed E-state index contributed by atoms with van der Waals surface area (Å²) in [5.41, 5.74) is 9.85. The van der Waals surface area contributed by atoms with Gasteiger partial charge >= 0.3 is 12.2 Å². The van der Waals surface area contributed by atoms with Gasteiger partial charge < -0.3 is 59.4 Å². The fourth-order valence-electron chi connectivity index (χ4n) is 11.6. The number of hydrogen-bond donors (Lipinski definition) is 2. The molecule has 8 aliphatic rings. The molecule has 0 aromatic heterocycles. The minimum absolute atomic E-state index is 0.0312. The van der Waals surface area contributed by atoms with Crippen LogP contribution in [0, 0.1) is 23.5 Å². The van der Waals surface area contributed by atoms with E-state index in [9.17, 15) is 23.6 Å². The van der Waals surface area contributed by atoms with Gasteiger partial charge in [-0.3, -0.25) is 29.2 Å². The van der Waals surface area contributed by atoms with Crippen molar-refractivity contribution in [2.24, 2.45) is 17.6 Å². The van der Waals surface area contributed by atoms with E-state index in [1.165, 1.54) is 50.1 Å². The van der Waals surface area contributed by atoms with Crippen LogP contribution in [0.25, 0.3) is 0 Å². The molecule has 0 bridgehead atoms. The Morgan fingerprint density at radius 2 is 1.00 bits per heavy atom. The van der Waals surface area contributed by atoms with E-state index < -0.39 is 23.8 Å². The molecule has 4 aromatic carbocycles. The molecule has 91 heavy (non-hydrogen) atoms. The van der Waals surface area contributed by atoms with Gasteiger partial charge in [-0.05, 0) is 117 Å². The van der Waals surface area contributed by atoms with Crippen molar-refractivity contribution in [1.29, 1.82) is 0 Å². The fourth-order valence-corrected chi connectivity index (χ4v) is 13.3. The Morgan fingerprint density at radius 3 is 1.38 bits per heavy atom. The van der Waals surface area contributed by atoms with Gasteiger partial charge in [0.2, 0.25) is 0 Å². The highest BCUT2D eigenvalue weighted by Crippen LogP contribution is 2.35. The first-order valence-electron chi connectivity index (χ1n) is 32.1. The summed E-state index contributed by atoms with van der Waals surface area (Å²) in [6, 6.07) is 25.4. The Bertz CT molecular complexity index is 3120. The summed E-state index contributed by atoms with van der Waals surface area (Å²) in [5, 5.41) is 3.19. The highest BCUT2D eigenvalue weighted by Gasteiger charge is 2.36. The van der Waals surface area contributed by atoms with Crippen LogP contribution in [0.1, 0.15) is 43.7 Å². The lowest BCUT2D eigenvalue weighted by atomic mass is 10.2. The molecule has 2 saturated carbocycles. The third-order valence-corrected chi connectivity index (χ3v) is 19.7. The molecule has 12 rings (SSSR count). The third-order valence-electron chi connectivity index (χ3n) is 17.7. The molecule has 0 spiro atoms. The van der Waals surface area contributed by atoms with Crippen LogP contribution < -0.4 is 40.1 Å². The molecular formula is C66H88F2N12O8S3. The Labute approximate surface area is 549 Å². The zero-order chi connectivity index (χ0) is 64.0. The van der Waals surface area contributed by atoms with Gasteiger partial charge in [0.15, 0.2) is 13.2 Å². The van der Waals surface area contributed by atoms with Crippen molar-refractivity contribution in [3.8, 4) is 11.5 Å². The first-order chi connectivity index (χ1) is 44.0. The summed E-state index contributed by atoms with van der Waals surface area (Å²) in [6.07, 6.45) is 3.19. The molecule has 2 atom stereocenters. The molecule has 8 fully saturated rings. The number of nitrogens with one attached hydrogen (secondary N) is 1. The van der Waals surface area contributed by atoms with E-state index in [2.05, 4.69) is 70.2 Å². The Kier molecular flexibility index (Phi) is 24.0. The topological polar surface area (TPSA) is 176 Å². The average molecular weight is 1310 g/mol. The number of anilines is 4. The molecule has 25 heteroatoms. The number of ether oxygens (including phenoxy) is 4. The second-order valence-electron chi connectivity index (χ2n) is 24.5. The highest BCUT2D eigenvalue weighted by molar-refractivity contribution is 8.23. The van der Waals surface area contributed by atoms with Crippen molar-refractivity contribution < 1.29 is 46.9 Å². The molecule has 20 nitrogen and oxygen atoms in total. The van der Waals surface area contributed by atoms with Crippen LogP contribution in [-0.2, 0) is 32.2 Å². The minimum atomic E-state index is -0.520. The second-order valence-corrected chi connectivity index (χ2v) is 27.0. The number of thioether (sulfide) groups is 1. The van der Waals surface area contributed by atoms with Crippen LogP contribution in [0.3, 0.4) is 0 Å². The van der Waals surface area contributed by atoms with Gasteiger partial charge in [-0.25, -0.2) is 18.4 Å². The number of hydrogen-bond acceptors (Lipinski definition) is 18. The van der Waals surface area contributed by atoms with Crippen molar-refractivity contribution in [3.05, 3.63) is 108 Å². The Hall–Kier alpha value is -6.45. The summed E-state index contributed by atoms with van der Waals surface area (Å²) in [4.78, 5) is 70.7. The predicted octanol–water partition coefficient (Wildman–Crippen LogP) is 7.01. The van der Waals surface area contributed by atoms with E-state index in [-0.39, 0.29) is 43.8 Å². The number of piperazine rings is 4. The molecule has 0 unspecified atom stereocenters. The van der Waals surface area contributed by atoms with E-state index in [4.69, 9.17) is 49.1 Å². The van der Waals surface area contributed by atoms with Gasteiger partial charge in [0, 0.05) is 136 Å². The van der Waals surface area contributed by atoms with E-state index in [0.717, 1.165) is 94.9 Å². The molecule has 0 radical (unpaired) electrons. The Balaban J connectivity index is 0.000000179. The quantitative estimate of drug-likeness (QED) is 0.0864. The van der Waals surface area contributed by atoms with Crippen molar-refractivity contribution in [2.45, 2.75) is 57.9 Å². The largest absolute Gasteiger partial charge is 0.484 e. The van der Waals surface area contributed by atoms with Gasteiger partial charge in [-0.15, -0.1) is 11.8 Å². The van der Waals surface area contributed by atoms with Gasteiger partial charge in [-0.2, -0.15) is 0 Å². The van der Waals surface area contributed by atoms with Crippen molar-refractivity contribution in [3.63, 3.8) is 0 Å². The maximum absolute atomic E-state index is 15.2. The number of amides is 4. The molecule has 6 heterocycles. The van der Waals surface area contributed by atoms with Crippen molar-refractivity contribution >= 4 is 92.1 Å². The highest BCUT2D eigenvalue weighted by atomic mass is 32.2. The summed E-state index contributed by atoms with van der Waals surface area (Å²) in [6.45, 7) is 17.8. The number of carbonyl (C=O) groups is 4. The number of rotatable bonds is 20. The number of benzene rings is 4. The number of cyclic esters (lactones) is 2. The maximum atomic E-state index is 15.2. The SMILES string of the molecule is CCSC(=S)C1CC1.CN1CCN(Cc2ccc(OCC(=O)N3CCN(c4ccc(N5C[C@H](CN)OC5=O)cc4F)CC3)cc2)CC1.CN1CCN(Cc2ccc(OCC(=O)N3CCN(c4ccc(N5C[C@H](CNC(=S)C6CC6)OC5=O)cc4F)CC3)cc2)CC1. The first kappa shape index (κ1) is 67.4. The van der Waals surface area contributed by atoms with Crippen molar-refractivity contribution in [2.75, 3.05) is 184 Å². The molecule has 2 aliphatic carbocycles. The lowest BCUT2D eigenvalue weighted by Gasteiger charge is -2.36. The van der Waals surface area contributed by atoms with Crippen LogP contribution >= 0.6 is 36.2 Å². The van der Waals surface area contributed by atoms with E-state index in [1.807, 2.05) is 45.8 Å². The molecule has 4 aromatic rings. The van der Waals surface area contributed by atoms with Crippen LogP contribution in [0.15, 0.2) is 84.9 Å². The number of nitrogens with two attached hydrogens (primary N) is 1. The summed E-state index contributed by atoms with van der Waals surface area (Å²) in [5.74, 6) is 2.75. The summed E-state index contributed by atoms with van der Waals surface area (Å²) < 4.78 is 53.7. The van der Waals surface area contributed by atoms with Gasteiger partial charge in [0.05, 0.1) is 51.6 Å². The normalized spacial score (nSPS) is 20.9. The summed E-state index contributed by atoms with van der Waals surface area (Å²) in [7, 11) is 4.30. The fraction of sp³-hybridized carbons (Fsp3) is 0.545. The van der Waals surface area contributed by atoms with Crippen molar-refractivity contribution in [1.82, 2.24) is 34.7 Å². The monoisotopic (exact) mass is 1310 g/mol. The molecular weight excluding hydrogens is 1220 g/mol. The summed E-state index contributed by atoms with van der Waals surface area (Å²) >= 11 is 12.3. The number of thiocarbonyl (C=S) groups is 2. The van der Waals surface area contributed by atoms with Gasteiger partial charge in [0.25, 0.3) is 11.8 Å². The zero-order valence-corrected chi connectivity index (χ0v) is 55.1. The third kappa shape index (κ3) is 19.3. The van der Waals surface area contributed by atoms with Crippen LogP contribution in [0.2, 0.25) is 0 Å². The number of nitrogens with zero attached hydrogens (tertiary/aromatic N) is 10. The lowest BCUT2D eigenvalue weighted by molar-refractivity contribution is -0.134. The number of carbonyl (C=O) groups excluding carboxylic acids is 4. The first-order valence-corrected chi connectivity index (χ1v) is 33.9. The molecule has 4 amide bonds. The van der Waals surface area contributed by atoms with Crippen LogP contribution in [-0.4, -0.2) is 239 Å². The average Bonchev–Trinajstić information content (AvgIpc) is 2.82. The number of likely N-dealkylation sites (N-methyl/N-ethyl adjacent to an activating group) is 2. The maximum Gasteiger partial charge on any atom is 0.414 e. The number of halogens is 2. The zero-order valence-electron chi connectivity index (χ0n) is 52.7. The Morgan fingerprint density at radius 1 is 0.582 bits per heavy atom. The smallest absolute Gasteiger partial charge is 0.414 e. The molecule has 3 N–H and O–H groups in total. The molecule has 6 aliphatic heterocycles. The predicted molar refractivity (Wildman–Crippen MR) is 361 cm³/mol. The van der Waals surface area contributed by atoms with E-state index >= 15 is 4.39 Å². The van der Waals surface area contributed by atoms with Crippen LogP contribution in [0.5, 0.6) is 11.5 Å².